The lowest BCUT2D eigenvalue weighted by atomic mass is 10.0. The van der Waals surface area contributed by atoms with Gasteiger partial charge in [-0.3, -0.25) is 4.79 Å². The molecule has 0 aliphatic carbocycles. The summed E-state index contributed by atoms with van der Waals surface area (Å²) in [6.07, 6.45) is 44.2. The first-order valence-electron chi connectivity index (χ1n) is 13.6. The van der Waals surface area contributed by atoms with E-state index in [1.54, 1.807) is 12.2 Å². The number of aliphatic carboxylic acids is 1. The molecule has 35 heavy (non-hydrogen) atoms. The van der Waals surface area contributed by atoms with Gasteiger partial charge in [0.25, 0.3) is 0 Å². The van der Waals surface area contributed by atoms with Gasteiger partial charge in [-0.25, -0.2) is 0 Å². The van der Waals surface area contributed by atoms with E-state index in [4.69, 9.17) is 10.2 Å². The first-order valence-corrected chi connectivity index (χ1v) is 13.6. The van der Waals surface area contributed by atoms with Crippen molar-refractivity contribution in [2.24, 2.45) is 0 Å². The number of aliphatic hydroxyl groups is 1. The first-order chi connectivity index (χ1) is 17.2. The number of aliphatic hydroxyl groups excluding tert-OH is 1. The molecule has 0 atom stereocenters. The quantitative estimate of drug-likeness (QED) is 0.126. The SMILES string of the molecule is CC=CC=CC=CC=CC=CC=CC=CCO.CCCCCCCCCCCCCCCC(=O)O. The molecule has 0 fully saturated rings. The molecular weight excluding hydrogens is 432 g/mol. The third-order valence-corrected chi connectivity index (χ3v) is 5.15. The minimum Gasteiger partial charge on any atom is -0.481 e. The van der Waals surface area contributed by atoms with E-state index in [2.05, 4.69) is 6.92 Å². The molecule has 0 aromatic carbocycles. The van der Waals surface area contributed by atoms with Crippen LogP contribution in [0.5, 0.6) is 0 Å². The smallest absolute Gasteiger partial charge is 0.303 e. The second-order valence-electron chi connectivity index (χ2n) is 8.45. The van der Waals surface area contributed by atoms with Crippen LogP contribution in [0.15, 0.2) is 85.1 Å². The van der Waals surface area contributed by atoms with Crippen molar-refractivity contribution in [1.82, 2.24) is 0 Å². The first kappa shape index (κ1) is 34.8. The molecule has 0 saturated carbocycles. The Morgan fingerprint density at radius 2 is 0.886 bits per heavy atom. The third-order valence-electron chi connectivity index (χ3n) is 5.15. The molecule has 0 saturated heterocycles. The highest BCUT2D eigenvalue weighted by Gasteiger charge is 1.96. The Labute approximate surface area is 216 Å². The summed E-state index contributed by atoms with van der Waals surface area (Å²) in [6, 6.07) is 0. The van der Waals surface area contributed by atoms with Crippen LogP contribution in [0.3, 0.4) is 0 Å². The fraction of sp³-hybridized carbons (Fsp3) is 0.531. The number of allylic oxidation sites excluding steroid dienone is 13. The molecule has 0 bridgehead atoms. The lowest BCUT2D eigenvalue weighted by molar-refractivity contribution is -0.137. The molecule has 0 rings (SSSR count). The second-order valence-corrected chi connectivity index (χ2v) is 8.45. The second kappa shape index (κ2) is 33.8. The Bertz CT molecular complexity index is 633. The van der Waals surface area contributed by atoms with Crippen molar-refractivity contribution >= 4 is 5.97 Å². The maximum Gasteiger partial charge on any atom is 0.303 e. The zero-order chi connectivity index (χ0) is 26.1. The molecule has 0 aromatic rings. The van der Waals surface area contributed by atoms with Gasteiger partial charge in [-0.2, -0.15) is 0 Å². The van der Waals surface area contributed by atoms with Crippen molar-refractivity contribution < 1.29 is 15.0 Å². The summed E-state index contributed by atoms with van der Waals surface area (Å²) < 4.78 is 0. The van der Waals surface area contributed by atoms with E-state index < -0.39 is 5.97 Å². The number of unbranched alkanes of at least 4 members (excludes halogenated alkanes) is 12. The average molecular weight is 485 g/mol. The fourth-order valence-electron chi connectivity index (χ4n) is 3.19. The highest BCUT2D eigenvalue weighted by atomic mass is 16.4. The Balaban J connectivity index is 0. The molecule has 3 nitrogen and oxygen atoms in total. The van der Waals surface area contributed by atoms with E-state index in [0.717, 1.165) is 12.8 Å². The van der Waals surface area contributed by atoms with E-state index in [1.807, 2.05) is 79.8 Å². The van der Waals surface area contributed by atoms with Crippen LogP contribution in [0, 0.1) is 0 Å². The van der Waals surface area contributed by atoms with Gasteiger partial charge in [0.1, 0.15) is 0 Å². The van der Waals surface area contributed by atoms with Crippen molar-refractivity contribution in [3.05, 3.63) is 85.1 Å². The van der Waals surface area contributed by atoms with Crippen LogP contribution in [-0.2, 0) is 4.79 Å². The predicted octanol–water partition coefficient (Wildman–Crippen LogP) is 9.44. The van der Waals surface area contributed by atoms with Crippen LogP contribution in [0.2, 0.25) is 0 Å². The molecular formula is C32H52O3. The van der Waals surface area contributed by atoms with Crippen LogP contribution >= 0.6 is 0 Å². The van der Waals surface area contributed by atoms with Gasteiger partial charge in [0.05, 0.1) is 6.61 Å². The van der Waals surface area contributed by atoms with Crippen molar-refractivity contribution in [2.45, 2.75) is 104 Å². The largest absolute Gasteiger partial charge is 0.481 e. The normalized spacial score (nSPS) is 12.4. The van der Waals surface area contributed by atoms with Crippen molar-refractivity contribution in [3.8, 4) is 0 Å². The molecule has 0 spiro atoms. The summed E-state index contributed by atoms with van der Waals surface area (Å²) >= 11 is 0. The Morgan fingerprint density at radius 3 is 1.23 bits per heavy atom. The Hall–Kier alpha value is -2.39. The summed E-state index contributed by atoms with van der Waals surface area (Å²) in [5.74, 6) is -0.655. The average Bonchev–Trinajstić information content (AvgIpc) is 2.85. The molecule has 0 aliphatic heterocycles. The van der Waals surface area contributed by atoms with E-state index in [1.165, 1.54) is 70.6 Å². The number of carboxylic acid groups (broad SMARTS) is 1. The summed E-state index contributed by atoms with van der Waals surface area (Å²) in [7, 11) is 0. The molecule has 3 heteroatoms. The third kappa shape index (κ3) is 39.1. The zero-order valence-electron chi connectivity index (χ0n) is 22.5. The van der Waals surface area contributed by atoms with Gasteiger partial charge in [0.15, 0.2) is 0 Å². The molecule has 0 aliphatic rings. The van der Waals surface area contributed by atoms with Gasteiger partial charge in [-0.05, 0) is 13.3 Å². The molecule has 2 N–H and O–H groups in total. The van der Waals surface area contributed by atoms with E-state index in [9.17, 15) is 4.79 Å². The van der Waals surface area contributed by atoms with Gasteiger partial charge in [-0.15, -0.1) is 0 Å². The Kier molecular flexibility index (Phi) is 33.6. The minimum atomic E-state index is -0.655. The monoisotopic (exact) mass is 484 g/mol. The van der Waals surface area contributed by atoms with Crippen LogP contribution in [0.1, 0.15) is 104 Å². The number of rotatable bonds is 21. The maximum atomic E-state index is 10.3. The molecule has 0 aromatic heterocycles. The molecule has 0 unspecified atom stereocenters. The van der Waals surface area contributed by atoms with Crippen molar-refractivity contribution in [2.75, 3.05) is 6.61 Å². The lowest BCUT2D eigenvalue weighted by Gasteiger charge is -2.02. The van der Waals surface area contributed by atoms with Gasteiger partial charge in [0, 0.05) is 6.42 Å². The van der Waals surface area contributed by atoms with Gasteiger partial charge in [-0.1, -0.05) is 169 Å². The number of hydrogen-bond donors (Lipinski definition) is 2. The van der Waals surface area contributed by atoms with Gasteiger partial charge < -0.3 is 10.2 Å². The van der Waals surface area contributed by atoms with E-state index in [0.29, 0.717) is 6.42 Å². The molecule has 198 valence electrons. The molecule has 0 heterocycles. The van der Waals surface area contributed by atoms with Gasteiger partial charge in [0.2, 0.25) is 0 Å². The van der Waals surface area contributed by atoms with E-state index >= 15 is 0 Å². The lowest BCUT2D eigenvalue weighted by Crippen LogP contribution is -1.93. The molecule has 0 radical (unpaired) electrons. The van der Waals surface area contributed by atoms with Crippen LogP contribution in [0.25, 0.3) is 0 Å². The Morgan fingerprint density at radius 1 is 0.543 bits per heavy atom. The fourth-order valence-corrected chi connectivity index (χ4v) is 3.19. The van der Waals surface area contributed by atoms with E-state index in [-0.39, 0.29) is 6.61 Å². The highest BCUT2D eigenvalue weighted by Crippen LogP contribution is 2.12. The number of carbonyl (C=O) groups is 1. The maximum absolute atomic E-state index is 10.3. The van der Waals surface area contributed by atoms with Crippen molar-refractivity contribution in [3.63, 3.8) is 0 Å². The summed E-state index contributed by atoms with van der Waals surface area (Å²) in [5.41, 5.74) is 0. The van der Waals surface area contributed by atoms with Crippen LogP contribution < -0.4 is 0 Å². The molecule has 0 amide bonds. The van der Waals surface area contributed by atoms with Crippen LogP contribution in [0.4, 0.5) is 0 Å². The summed E-state index contributed by atoms with van der Waals surface area (Å²) in [6.45, 7) is 4.33. The highest BCUT2D eigenvalue weighted by molar-refractivity contribution is 5.66. The topological polar surface area (TPSA) is 57.5 Å². The number of carboxylic acids is 1. The minimum absolute atomic E-state index is 0.0828. The predicted molar refractivity (Wildman–Crippen MR) is 155 cm³/mol. The summed E-state index contributed by atoms with van der Waals surface area (Å²) in [4.78, 5) is 10.3. The zero-order valence-corrected chi connectivity index (χ0v) is 22.5. The van der Waals surface area contributed by atoms with Crippen molar-refractivity contribution in [1.29, 1.82) is 0 Å². The van der Waals surface area contributed by atoms with Gasteiger partial charge >= 0.3 is 5.97 Å². The number of hydrogen-bond acceptors (Lipinski definition) is 2. The summed E-state index contributed by atoms with van der Waals surface area (Å²) in [5, 5.41) is 17.0. The van der Waals surface area contributed by atoms with Crippen LogP contribution in [-0.4, -0.2) is 22.8 Å². The standard InChI is InChI=1S/C16H32O2.C16H20O/c1-2-3-4-5-6-7-8-9-10-11-12-13-14-15-16(17)18;1-2-3-4-5-6-7-8-9-10-11-12-13-14-15-16-17/h2-15H2,1H3,(H,17,18);2-15,17H,16H2,1H3.